The predicted octanol–water partition coefficient (Wildman–Crippen LogP) is 7.05. The van der Waals surface area contributed by atoms with Gasteiger partial charge in [0, 0.05) is 11.3 Å². The molecular formula is C34H27N3O5S2. The summed E-state index contributed by atoms with van der Waals surface area (Å²) < 4.78 is 6.53. The molecule has 1 unspecified atom stereocenters. The van der Waals surface area contributed by atoms with Gasteiger partial charge in [-0.05, 0) is 60.0 Å². The number of aromatic nitrogens is 2. The summed E-state index contributed by atoms with van der Waals surface area (Å²) in [4.78, 5) is 28.2. The van der Waals surface area contributed by atoms with Crippen LogP contribution >= 0.6 is 23.1 Å². The third-order valence-electron chi connectivity index (χ3n) is 7.05. The molecule has 6 rings (SSSR count). The molecule has 10 heteroatoms. The van der Waals surface area contributed by atoms with E-state index in [1.54, 1.807) is 36.4 Å². The number of carbonyl (C=O) groups is 2. The van der Waals surface area contributed by atoms with Crippen LogP contribution in [-0.2, 0) is 21.9 Å². The number of aliphatic hydroxyl groups is 1. The van der Waals surface area contributed by atoms with E-state index in [-0.39, 0.29) is 22.2 Å². The average Bonchev–Trinajstić information content (AvgIpc) is 3.61. The molecule has 0 radical (unpaired) electrons. The number of anilines is 1. The van der Waals surface area contributed by atoms with Crippen LogP contribution in [0.2, 0.25) is 0 Å². The number of hydrogen-bond donors (Lipinski definition) is 2. The average molecular weight is 622 g/mol. The second-order valence-electron chi connectivity index (χ2n) is 10.2. The van der Waals surface area contributed by atoms with Crippen molar-refractivity contribution in [3.63, 3.8) is 0 Å². The molecule has 2 heterocycles. The highest BCUT2D eigenvalue weighted by atomic mass is 32.2. The number of ketones is 1. The Labute approximate surface area is 262 Å². The number of nitrogens with zero attached hydrogens (tertiary/aromatic N) is 3. The number of benzene rings is 4. The summed E-state index contributed by atoms with van der Waals surface area (Å²) in [5.74, 6) is -0.831. The molecule has 1 fully saturated rings. The predicted molar refractivity (Wildman–Crippen MR) is 171 cm³/mol. The SMILES string of the molecule is Cc1cccc(COc2ccc(/C(O)=C3\C(=O)C(=O)N(c4nnc(SCc5ccccc5)s4)C3c3cccc(O)c3)cc2)c1. The smallest absolute Gasteiger partial charge is 0.301 e. The number of phenols is 1. The highest BCUT2D eigenvalue weighted by Crippen LogP contribution is 2.44. The lowest BCUT2D eigenvalue weighted by Crippen LogP contribution is -2.29. The first-order valence-electron chi connectivity index (χ1n) is 13.8. The molecule has 0 spiro atoms. The van der Waals surface area contributed by atoms with Crippen molar-refractivity contribution in [2.75, 3.05) is 4.90 Å². The zero-order chi connectivity index (χ0) is 30.6. The monoisotopic (exact) mass is 621 g/mol. The number of ether oxygens (including phenoxy) is 1. The van der Waals surface area contributed by atoms with Crippen molar-refractivity contribution in [1.29, 1.82) is 0 Å². The number of thioether (sulfide) groups is 1. The van der Waals surface area contributed by atoms with Gasteiger partial charge in [-0.15, -0.1) is 10.2 Å². The highest BCUT2D eigenvalue weighted by Gasteiger charge is 2.48. The lowest BCUT2D eigenvalue weighted by molar-refractivity contribution is -0.132. The molecule has 44 heavy (non-hydrogen) atoms. The van der Waals surface area contributed by atoms with Crippen LogP contribution < -0.4 is 9.64 Å². The van der Waals surface area contributed by atoms with E-state index in [0.717, 1.165) is 16.7 Å². The molecular weight excluding hydrogens is 595 g/mol. The van der Waals surface area contributed by atoms with Crippen molar-refractivity contribution in [3.05, 3.63) is 137 Å². The molecule has 1 aromatic heterocycles. The van der Waals surface area contributed by atoms with Gasteiger partial charge < -0.3 is 14.9 Å². The van der Waals surface area contributed by atoms with Gasteiger partial charge in [0.15, 0.2) is 4.34 Å². The number of rotatable bonds is 9. The molecule has 5 aromatic rings. The molecule has 1 aliphatic rings. The number of carbonyl (C=O) groups excluding carboxylic acids is 2. The van der Waals surface area contributed by atoms with Crippen LogP contribution in [0.5, 0.6) is 11.5 Å². The maximum atomic E-state index is 13.5. The second kappa shape index (κ2) is 12.7. The first kappa shape index (κ1) is 29.2. The van der Waals surface area contributed by atoms with Gasteiger partial charge in [0.2, 0.25) is 5.13 Å². The Morgan fingerprint density at radius 3 is 2.41 bits per heavy atom. The van der Waals surface area contributed by atoms with E-state index in [9.17, 15) is 19.8 Å². The molecule has 0 aliphatic carbocycles. The molecule has 8 nitrogen and oxygen atoms in total. The van der Waals surface area contributed by atoms with Gasteiger partial charge in [-0.3, -0.25) is 14.5 Å². The quantitative estimate of drug-likeness (QED) is 0.0592. The van der Waals surface area contributed by atoms with Crippen molar-refractivity contribution in [2.45, 2.75) is 29.7 Å². The van der Waals surface area contributed by atoms with Crippen LogP contribution in [0.3, 0.4) is 0 Å². The maximum Gasteiger partial charge on any atom is 0.301 e. The van der Waals surface area contributed by atoms with Crippen LogP contribution in [0.25, 0.3) is 5.76 Å². The molecule has 1 aliphatic heterocycles. The minimum atomic E-state index is -1.03. The molecule has 2 N–H and O–H groups in total. The van der Waals surface area contributed by atoms with Crippen molar-refractivity contribution in [1.82, 2.24) is 10.2 Å². The van der Waals surface area contributed by atoms with E-state index in [4.69, 9.17) is 4.74 Å². The fourth-order valence-electron chi connectivity index (χ4n) is 4.95. The summed E-state index contributed by atoms with van der Waals surface area (Å²) >= 11 is 2.66. The van der Waals surface area contributed by atoms with Crippen molar-refractivity contribution >= 4 is 45.7 Å². The van der Waals surface area contributed by atoms with Crippen LogP contribution in [0.4, 0.5) is 5.13 Å². The van der Waals surface area contributed by atoms with Gasteiger partial charge >= 0.3 is 5.91 Å². The largest absolute Gasteiger partial charge is 0.508 e. The van der Waals surface area contributed by atoms with Gasteiger partial charge in [0.25, 0.3) is 5.78 Å². The Hall–Kier alpha value is -4.93. The van der Waals surface area contributed by atoms with E-state index in [1.807, 2.05) is 61.5 Å². The molecule has 4 aromatic carbocycles. The van der Waals surface area contributed by atoms with E-state index in [1.165, 1.54) is 40.1 Å². The Morgan fingerprint density at radius 1 is 0.909 bits per heavy atom. The van der Waals surface area contributed by atoms with Crippen LogP contribution in [0, 0.1) is 6.92 Å². The third-order valence-corrected chi connectivity index (χ3v) is 9.18. The standard InChI is InChI=1S/C34H27N3O5S2/c1-21-7-5-10-23(17-21)19-42-27-15-13-24(14-16-27)30(39)28-29(25-11-6-12-26(38)18-25)37(32(41)31(28)40)33-35-36-34(44-33)43-20-22-8-3-2-4-9-22/h2-18,29,38-39H,19-20H2,1H3/b30-28+. The number of Topliss-reactive ketones (excluding diaryl/α,β-unsaturated/α-hetero) is 1. The van der Waals surface area contributed by atoms with E-state index < -0.39 is 17.7 Å². The molecule has 0 bridgehead atoms. The van der Waals surface area contributed by atoms with E-state index >= 15 is 0 Å². The lowest BCUT2D eigenvalue weighted by Gasteiger charge is -2.22. The summed E-state index contributed by atoms with van der Waals surface area (Å²) in [6.45, 7) is 2.40. The zero-order valence-electron chi connectivity index (χ0n) is 23.6. The minimum Gasteiger partial charge on any atom is -0.508 e. The summed E-state index contributed by atoms with van der Waals surface area (Å²) in [5.41, 5.74) is 3.95. The third kappa shape index (κ3) is 6.22. The first-order valence-corrected chi connectivity index (χ1v) is 15.6. The Bertz CT molecular complexity index is 1850. The fourth-order valence-corrected chi connectivity index (χ4v) is 6.77. The molecule has 1 saturated heterocycles. The molecule has 1 atom stereocenters. The zero-order valence-corrected chi connectivity index (χ0v) is 25.2. The second-order valence-corrected chi connectivity index (χ2v) is 12.4. The van der Waals surface area contributed by atoms with E-state index in [2.05, 4.69) is 10.2 Å². The number of aliphatic hydroxyl groups excluding tert-OH is 1. The van der Waals surface area contributed by atoms with Gasteiger partial charge in [-0.25, -0.2) is 0 Å². The van der Waals surface area contributed by atoms with Gasteiger partial charge in [0.05, 0.1) is 11.6 Å². The normalized spacial score (nSPS) is 15.9. The minimum absolute atomic E-state index is 0.0421. The topological polar surface area (TPSA) is 113 Å². The first-order chi connectivity index (χ1) is 21.4. The summed E-state index contributed by atoms with van der Waals surface area (Å²) in [7, 11) is 0. The van der Waals surface area contributed by atoms with Gasteiger partial charge in [-0.1, -0.05) is 95.4 Å². The molecule has 220 valence electrons. The van der Waals surface area contributed by atoms with E-state index in [0.29, 0.717) is 33.6 Å². The van der Waals surface area contributed by atoms with Crippen molar-refractivity contribution < 1.29 is 24.5 Å². The number of hydrogen-bond acceptors (Lipinski definition) is 9. The molecule has 0 saturated carbocycles. The summed E-state index contributed by atoms with van der Waals surface area (Å²) in [6.07, 6.45) is 0. The van der Waals surface area contributed by atoms with Crippen molar-refractivity contribution in [3.8, 4) is 11.5 Å². The van der Waals surface area contributed by atoms with Crippen molar-refractivity contribution in [2.24, 2.45) is 0 Å². The van der Waals surface area contributed by atoms with Gasteiger partial charge in [-0.2, -0.15) is 0 Å². The maximum absolute atomic E-state index is 13.5. The van der Waals surface area contributed by atoms with Crippen LogP contribution in [0.15, 0.2) is 113 Å². The van der Waals surface area contributed by atoms with Crippen LogP contribution in [-0.4, -0.2) is 32.1 Å². The lowest BCUT2D eigenvalue weighted by atomic mass is 9.95. The fraction of sp³-hybridized carbons (Fsp3) is 0.118. The Balaban J connectivity index is 1.30. The molecule has 1 amide bonds. The Kier molecular flexibility index (Phi) is 8.44. The summed E-state index contributed by atoms with van der Waals surface area (Å²) in [5, 5.41) is 30.4. The number of phenolic OH excluding ortho intramolecular Hbond substituents is 1. The number of amides is 1. The number of aryl methyl sites for hydroxylation is 1. The number of aromatic hydroxyl groups is 1. The highest BCUT2D eigenvalue weighted by molar-refractivity contribution is 8.00. The van der Waals surface area contributed by atoms with Crippen LogP contribution in [0.1, 0.15) is 33.9 Å². The Morgan fingerprint density at radius 2 is 1.66 bits per heavy atom. The summed E-state index contributed by atoms with van der Waals surface area (Å²) in [6, 6.07) is 29.8. The van der Waals surface area contributed by atoms with Gasteiger partial charge in [0.1, 0.15) is 23.9 Å².